The summed E-state index contributed by atoms with van der Waals surface area (Å²) < 4.78 is 12.1. The summed E-state index contributed by atoms with van der Waals surface area (Å²) in [5, 5.41) is 0. The van der Waals surface area contributed by atoms with E-state index >= 15 is 0 Å². The van der Waals surface area contributed by atoms with Gasteiger partial charge in [0.05, 0.1) is 5.56 Å². The van der Waals surface area contributed by atoms with E-state index < -0.39 is 11.2 Å². The van der Waals surface area contributed by atoms with Crippen molar-refractivity contribution in [1.82, 2.24) is 4.90 Å². The number of aliphatic imine (C=N–C) groups is 1. The molecule has 2 aromatic carbocycles. The quantitative estimate of drug-likeness (QED) is 0.617. The number of amidine groups is 1. The van der Waals surface area contributed by atoms with Gasteiger partial charge in [-0.1, -0.05) is 30.3 Å². The molecule has 0 N–H and O–H groups in total. The van der Waals surface area contributed by atoms with E-state index in [-0.39, 0.29) is 11.9 Å². The number of rotatable bonds is 0. The molecule has 1 aliphatic carbocycles. The Kier molecular flexibility index (Phi) is 3.71. The lowest BCUT2D eigenvalue weighted by Crippen LogP contribution is -2.47. The molecular formula is C25H24N2O4. The van der Waals surface area contributed by atoms with Crippen LogP contribution >= 0.6 is 0 Å². The minimum atomic E-state index is -0.903. The number of carbonyl (C=O) groups is 2. The molecular weight excluding hydrogens is 392 g/mol. The van der Waals surface area contributed by atoms with Crippen molar-refractivity contribution in [3.05, 3.63) is 69.8 Å². The molecule has 0 radical (unpaired) electrons. The predicted octanol–water partition coefficient (Wildman–Crippen LogP) is 3.22. The third-order valence-electron chi connectivity index (χ3n) is 7.41. The number of carbonyl (C=O) groups excluding carboxylic acids is 2. The molecule has 2 spiro atoms. The van der Waals surface area contributed by atoms with E-state index in [1.165, 1.54) is 22.3 Å². The van der Waals surface area contributed by atoms with Crippen molar-refractivity contribution >= 4 is 17.9 Å². The van der Waals surface area contributed by atoms with Gasteiger partial charge in [0.25, 0.3) is 11.9 Å². The second-order valence-corrected chi connectivity index (χ2v) is 9.27. The molecule has 6 heteroatoms. The maximum atomic E-state index is 12.9. The zero-order chi connectivity index (χ0) is 21.4. The van der Waals surface area contributed by atoms with Crippen LogP contribution in [0, 0.1) is 13.8 Å². The predicted molar refractivity (Wildman–Crippen MR) is 114 cm³/mol. The standard InChI is InChI=1S/C25H24N2O4/c1-15-11-17-13-25(14-18(17)12-16(15)2)22(29)26-23(31-25)27-9-7-24(8-10-27)20-6-4-3-5-19(20)21(28)30-24/h3-6,11-12H,7-10,13-14H2,1-2H3. The number of benzene rings is 2. The van der Waals surface area contributed by atoms with Crippen LogP contribution in [0.1, 0.15) is 51.0 Å². The fourth-order valence-electron chi connectivity index (χ4n) is 5.51. The zero-order valence-corrected chi connectivity index (χ0v) is 17.7. The van der Waals surface area contributed by atoms with Gasteiger partial charge in [-0.15, -0.1) is 0 Å². The third kappa shape index (κ3) is 2.60. The highest BCUT2D eigenvalue weighted by atomic mass is 16.6. The topological polar surface area (TPSA) is 68.2 Å². The molecule has 0 unspecified atom stereocenters. The Balaban J connectivity index is 1.20. The van der Waals surface area contributed by atoms with Crippen LogP contribution in [0.25, 0.3) is 0 Å². The maximum Gasteiger partial charge on any atom is 0.339 e. The third-order valence-corrected chi connectivity index (χ3v) is 7.41. The number of piperidine rings is 1. The molecule has 6 rings (SSSR count). The number of amides is 1. The van der Waals surface area contributed by atoms with E-state index in [0.29, 0.717) is 50.4 Å². The first-order valence-corrected chi connectivity index (χ1v) is 10.9. The van der Waals surface area contributed by atoms with Crippen LogP contribution in [0.3, 0.4) is 0 Å². The van der Waals surface area contributed by atoms with Crippen molar-refractivity contribution in [2.45, 2.75) is 50.7 Å². The number of likely N-dealkylation sites (tertiary alicyclic amines) is 1. The van der Waals surface area contributed by atoms with E-state index in [0.717, 1.165) is 5.56 Å². The number of hydrogen-bond donors (Lipinski definition) is 0. The van der Waals surface area contributed by atoms with Crippen LogP contribution < -0.4 is 0 Å². The van der Waals surface area contributed by atoms with Crippen molar-refractivity contribution < 1.29 is 19.1 Å². The fourth-order valence-corrected chi connectivity index (χ4v) is 5.51. The van der Waals surface area contributed by atoms with Crippen LogP contribution in [0.5, 0.6) is 0 Å². The molecule has 0 atom stereocenters. The number of aryl methyl sites for hydroxylation is 2. The molecule has 158 valence electrons. The van der Waals surface area contributed by atoms with Crippen molar-refractivity contribution in [3.63, 3.8) is 0 Å². The van der Waals surface area contributed by atoms with E-state index in [4.69, 9.17) is 9.47 Å². The average Bonchev–Trinajstić information content (AvgIpc) is 3.36. The largest absolute Gasteiger partial charge is 0.450 e. The average molecular weight is 416 g/mol. The zero-order valence-electron chi connectivity index (χ0n) is 17.7. The molecule has 0 aromatic heterocycles. The summed E-state index contributed by atoms with van der Waals surface area (Å²) in [4.78, 5) is 31.6. The Morgan fingerprint density at radius 2 is 1.55 bits per heavy atom. The van der Waals surface area contributed by atoms with Gasteiger partial charge in [0, 0.05) is 44.3 Å². The summed E-state index contributed by atoms with van der Waals surface area (Å²) >= 11 is 0. The number of ether oxygens (including phenoxy) is 2. The molecule has 1 saturated heterocycles. The summed E-state index contributed by atoms with van der Waals surface area (Å²) in [6, 6.07) is 12.4. The first-order valence-electron chi connectivity index (χ1n) is 10.9. The van der Waals surface area contributed by atoms with Gasteiger partial charge in [-0.2, -0.15) is 4.99 Å². The monoisotopic (exact) mass is 416 g/mol. The first-order chi connectivity index (χ1) is 14.9. The summed E-state index contributed by atoms with van der Waals surface area (Å²) in [5.74, 6) is -0.436. The molecule has 1 amide bonds. The lowest BCUT2D eigenvalue weighted by molar-refractivity contribution is -0.130. The van der Waals surface area contributed by atoms with Gasteiger partial charge in [0.15, 0.2) is 0 Å². The van der Waals surface area contributed by atoms with E-state index in [2.05, 4.69) is 31.0 Å². The van der Waals surface area contributed by atoms with Gasteiger partial charge in [0.1, 0.15) is 5.60 Å². The second-order valence-electron chi connectivity index (χ2n) is 9.27. The van der Waals surface area contributed by atoms with Gasteiger partial charge in [0.2, 0.25) is 5.60 Å². The molecule has 6 nitrogen and oxygen atoms in total. The van der Waals surface area contributed by atoms with Crippen LogP contribution in [0.15, 0.2) is 41.4 Å². The Morgan fingerprint density at radius 3 is 2.23 bits per heavy atom. The molecule has 4 aliphatic rings. The van der Waals surface area contributed by atoms with Crippen molar-refractivity contribution in [3.8, 4) is 0 Å². The highest BCUT2D eigenvalue weighted by molar-refractivity contribution is 6.02. The maximum absolute atomic E-state index is 12.9. The normalized spacial score (nSPS) is 22.4. The summed E-state index contributed by atoms with van der Waals surface area (Å²) in [5.41, 5.74) is 4.97. The Morgan fingerprint density at radius 1 is 0.903 bits per heavy atom. The minimum absolute atomic E-state index is 0.188. The van der Waals surface area contributed by atoms with E-state index in [1.54, 1.807) is 0 Å². The molecule has 1 fully saturated rings. The lowest BCUT2D eigenvalue weighted by atomic mass is 9.84. The van der Waals surface area contributed by atoms with Crippen molar-refractivity contribution in [2.24, 2.45) is 4.99 Å². The number of hydrogen-bond acceptors (Lipinski definition) is 5. The van der Waals surface area contributed by atoms with Gasteiger partial charge in [-0.05, 0) is 42.2 Å². The summed E-state index contributed by atoms with van der Waals surface area (Å²) in [6.07, 6.45) is 2.44. The molecule has 31 heavy (non-hydrogen) atoms. The van der Waals surface area contributed by atoms with Crippen molar-refractivity contribution in [1.29, 1.82) is 0 Å². The number of nitrogens with zero attached hydrogens (tertiary/aromatic N) is 2. The first kappa shape index (κ1) is 18.6. The molecule has 3 heterocycles. The van der Waals surface area contributed by atoms with Crippen LogP contribution in [-0.4, -0.2) is 41.5 Å². The Labute approximate surface area is 180 Å². The second kappa shape index (κ2) is 6.19. The van der Waals surface area contributed by atoms with E-state index in [9.17, 15) is 9.59 Å². The van der Waals surface area contributed by atoms with E-state index in [1.807, 2.05) is 29.2 Å². The molecule has 0 bridgehead atoms. The molecule has 0 saturated carbocycles. The number of fused-ring (bicyclic) bond motifs is 3. The fraction of sp³-hybridized carbons (Fsp3) is 0.400. The lowest BCUT2D eigenvalue weighted by Gasteiger charge is -2.39. The number of esters is 1. The van der Waals surface area contributed by atoms with Crippen molar-refractivity contribution in [2.75, 3.05) is 13.1 Å². The Bertz CT molecular complexity index is 1140. The van der Waals surface area contributed by atoms with Crippen LogP contribution in [0.4, 0.5) is 0 Å². The van der Waals surface area contributed by atoms with Crippen LogP contribution in [0.2, 0.25) is 0 Å². The van der Waals surface area contributed by atoms with Gasteiger partial charge >= 0.3 is 5.97 Å². The van der Waals surface area contributed by atoms with Crippen LogP contribution in [-0.2, 0) is 32.7 Å². The summed E-state index contributed by atoms with van der Waals surface area (Å²) in [6.45, 7) is 5.43. The summed E-state index contributed by atoms with van der Waals surface area (Å²) in [7, 11) is 0. The smallest absolute Gasteiger partial charge is 0.339 e. The minimum Gasteiger partial charge on any atom is -0.450 e. The highest BCUT2D eigenvalue weighted by Gasteiger charge is 2.53. The van der Waals surface area contributed by atoms with Gasteiger partial charge in [-0.25, -0.2) is 4.79 Å². The van der Waals surface area contributed by atoms with Gasteiger partial charge < -0.3 is 14.4 Å². The molecule has 3 aliphatic heterocycles. The Hall–Kier alpha value is -3.15. The highest BCUT2D eigenvalue weighted by Crippen LogP contribution is 2.45. The molecule has 2 aromatic rings. The van der Waals surface area contributed by atoms with Gasteiger partial charge in [-0.3, -0.25) is 4.79 Å². The SMILES string of the molecule is Cc1cc2c(cc1C)CC1(C2)OC(N2CCC3(CC2)OC(=O)c2ccccc23)=NC1=O.